The van der Waals surface area contributed by atoms with E-state index < -0.39 is 11.5 Å². The van der Waals surface area contributed by atoms with E-state index >= 15 is 0 Å². The van der Waals surface area contributed by atoms with Crippen LogP contribution in [0.2, 0.25) is 0 Å². The third-order valence-corrected chi connectivity index (χ3v) is 5.20. The molecule has 4 heterocycles. The summed E-state index contributed by atoms with van der Waals surface area (Å²) in [5, 5.41) is 7.46. The zero-order valence-electron chi connectivity index (χ0n) is 18.0. The summed E-state index contributed by atoms with van der Waals surface area (Å²) in [7, 11) is 1.61. The van der Waals surface area contributed by atoms with E-state index in [1.165, 1.54) is 10.8 Å². The van der Waals surface area contributed by atoms with Gasteiger partial charge in [0.05, 0.1) is 28.4 Å². The minimum Gasteiger partial charge on any atom is -0.462 e. The van der Waals surface area contributed by atoms with E-state index in [9.17, 15) is 14.4 Å². The first-order valence-electron chi connectivity index (χ1n) is 10.2. The van der Waals surface area contributed by atoms with Gasteiger partial charge in [-0.15, -0.1) is 0 Å². The van der Waals surface area contributed by atoms with E-state index in [0.717, 1.165) is 0 Å². The van der Waals surface area contributed by atoms with E-state index in [2.05, 4.69) is 15.2 Å². The molecule has 166 valence electrons. The highest BCUT2D eigenvalue weighted by atomic mass is 16.5. The summed E-state index contributed by atoms with van der Waals surface area (Å²) in [6, 6.07) is 4.96. The van der Waals surface area contributed by atoms with Gasteiger partial charge < -0.3 is 14.0 Å². The standard InChI is InChI=1S/C22H23N5O5/c1-4-32-22(30)18-13(2)24-25-19(18)27-10-7-17-15(21(27)29)12-14-16(23-17)6-9-26(20(14)28)8-5-11-31-3/h6-7,9-10,12H,4-5,8,11H2,1-3H3,(H,24,25). The summed E-state index contributed by atoms with van der Waals surface area (Å²) in [5.41, 5.74) is 0.947. The molecule has 0 aliphatic heterocycles. The fraction of sp³-hybridized carbons (Fsp3) is 0.318. The zero-order chi connectivity index (χ0) is 22.8. The number of pyridine rings is 3. The SMILES string of the molecule is CCOC(=O)c1c(-n2ccc3nc4ccn(CCCOC)c(=O)c4cc3c2=O)n[nH]c1C. The number of carbonyl (C=O) groups excluding carboxylic acids is 1. The van der Waals surface area contributed by atoms with Gasteiger partial charge in [-0.05, 0) is 38.5 Å². The van der Waals surface area contributed by atoms with E-state index in [1.54, 1.807) is 49.9 Å². The summed E-state index contributed by atoms with van der Waals surface area (Å²) in [5.74, 6) is -0.436. The zero-order valence-corrected chi connectivity index (χ0v) is 18.0. The lowest BCUT2D eigenvalue weighted by molar-refractivity contribution is 0.0525. The Morgan fingerprint density at radius 1 is 1.12 bits per heavy atom. The minimum atomic E-state index is -0.573. The van der Waals surface area contributed by atoms with Crippen molar-refractivity contribution in [2.45, 2.75) is 26.8 Å². The van der Waals surface area contributed by atoms with Gasteiger partial charge in [0.2, 0.25) is 0 Å². The van der Waals surface area contributed by atoms with Crippen molar-refractivity contribution in [2.24, 2.45) is 0 Å². The van der Waals surface area contributed by atoms with Crippen molar-refractivity contribution in [3.8, 4) is 5.82 Å². The van der Waals surface area contributed by atoms with Crippen LogP contribution in [0.25, 0.3) is 27.6 Å². The molecular weight excluding hydrogens is 414 g/mol. The normalized spacial score (nSPS) is 11.3. The molecule has 0 unspecified atom stereocenters. The highest BCUT2D eigenvalue weighted by Crippen LogP contribution is 2.19. The largest absolute Gasteiger partial charge is 0.462 e. The van der Waals surface area contributed by atoms with Gasteiger partial charge in [0.1, 0.15) is 5.56 Å². The van der Waals surface area contributed by atoms with Crippen molar-refractivity contribution in [1.82, 2.24) is 24.3 Å². The Labute approximate surface area is 182 Å². The average Bonchev–Trinajstić information content (AvgIpc) is 3.16. The number of methoxy groups -OCH3 is 1. The molecule has 10 nitrogen and oxygen atoms in total. The van der Waals surface area contributed by atoms with Gasteiger partial charge in [0.15, 0.2) is 5.82 Å². The van der Waals surface area contributed by atoms with Crippen LogP contribution in [0.3, 0.4) is 0 Å². The molecule has 32 heavy (non-hydrogen) atoms. The molecule has 0 radical (unpaired) electrons. The maximum atomic E-state index is 13.3. The van der Waals surface area contributed by atoms with E-state index in [-0.39, 0.29) is 28.9 Å². The first kappa shape index (κ1) is 21.4. The second-order valence-electron chi connectivity index (χ2n) is 7.27. The highest BCUT2D eigenvalue weighted by molar-refractivity contribution is 5.95. The topological polar surface area (TPSA) is 121 Å². The van der Waals surface area contributed by atoms with Gasteiger partial charge in [-0.3, -0.25) is 19.3 Å². The molecule has 0 bridgehead atoms. The Balaban J connectivity index is 1.88. The predicted molar refractivity (Wildman–Crippen MR) is 118 cm³/mol. The molecule has 4 aromatic heterocycles. The molecule has 4 aromatic rings. The quantitative estimate of drug-likeness (QED) is 0.266. The van der Waals surface area contributed by atoms with Crippen molar-refractivity contribution >= 4 is 27.8 Å². The molecule has 0 aliphatic rings. The first-order chi connectivity index (χ1) is 15.5. The lowest BCUT2D eigenvalue weighted by Crippen LogP contribution is -2.23. The number of rotatable bonds is 7. The minimum absolute atomic E-state index is 0.137. The second kappa shape index (κ2) is 8.75. The van der Waals surface area contributed by atoms with Crippen LogP contribution >= 0.6 is 0 Å². The number of ether oxygens (including phenoxy) is 2. The van der Waals surface area contributed by atoms with Crippen molar-refractivity contribution < 1.29 is 14.3 Å². The summed E-state index contributed by atoms with van der Waals surface area (Å²) in [6.07, 6.45) is 3.89. The Hall–Kier alpha value is -3.79. The van der Waals surface area contributed by atoms with Crippen LogP contribution in [-0.4, -0.2) is 50.6 Å². The molecule has 0 aliphatic carbocycles. The molecule has 4 rings (SSSR count). The lowest BCUT2D eigenvalue weighted by Gasteiger charge is -2.09. The molecular formula is C22H23N5O5. The van der Waals surface area contributed by atoms with Crippen LogP contribution in [0.4, 0.5) is 0 Å². The molecule has 0 saturated heterocycles. The summed E-state index contributed by atoms with van der Waals surface area (Å²) in [6.45, 7) is 4.61. The van der Waals surface area contributed by atoms with Gasteiger partial charge in [0, 0.05) is 38.3 Å². The molecule has 0 amide bonds. The third kappa shape index (κ3) is 3.69. The van der Waals surface area contributed by atoms with E-state index in [0.29, 0.717) is 41.7 Å². The number of carbonyl (C=O) groups is 1. The first-order valence-corrected chi connectivity index (χ1v) is 10.2. The number of esters is 1. The summed E-state index contributed by atoms with van der Waals surface area (Å²) >= 11 is 0. The number of aromatic nitrogens is 5. The average molecular weight is 437 g/mol. The van der Waals surface area contributed by atoms with Gasteiger partial charge >= 0.3 is 5.97 Å². The number of aromatic amines is 1. The maximum Gasteiger partial charge on any atom is 0.343 e. The van der Waals surface area contributed by atoms with Crippen LogP contribution < -0.4 is 11.1 Å². The van der Waals surface area contributed by atoms with E-state index in [1.807, 2.05) is 0 Å². The van der Waals surface area contributed by atoms with Gasteiger partial charge in [-0.2, -0.15) is 5.10 Å². The molecule has 0 saturated carbocycles. The van der Waals surface area contributed by atoms with Crippen LogP contribution in [0.15, 0.2) is 40.2 Å². The number of nitrogens with one attached hydrogen (secondary N) is 1. The number of hydrogen-bond donors (Lipinski definition) is 1. The van der Waals surface area contributed by atoms with E-state index in [4.69, 9.17) is 9.47 Å². The molecule has 1 N–H and O–H groups in total. The Morgan fingerprint density at radius 3 is 2.56 bits per heavy atom. The summed E-state index contributed by atoms with van der Waals surface area (Å²) in [4.78, 5) is 43.1. The van der Waals surface area contributed by atoms with Crippen molar-refractivity contribution in [3.63, 3.8) is 0 Å². The molecule has 0 atom stereocenters. The van der Waals surface area contributed by atoms with Crippen molar-refractivity contribution in [2.75, 3.05) is 20.3 Å². The molecule has 0 aromatic carbocycles. The summed E-state index contributed by atoms with van der Waals surface area (Å²) < 4.78 is 13.0. The fourth-order valence-electron chi connectivity index (χ4n) is 3.63. The van der Waals surface area contributed by atoms with Crippen molar-refractivity contribution in [3.05, 3.63) is 62.6 Å². The third-order valence-electron chi connectivity index (χ3n) is 5.20. The number of fused-ring (bicyclic) bond motifs is 2. The van der Waals surface area contributed by atoms with Crippen LogP contribution in [0.5, 0.6) is 0 Å². The van der Waals surface area contributed by atoms with Gasteiger partial charge in [-0.25, -0.2) is 9.78 Å². The number of aryl methyl sites for hydroxylation is 2. The monoisotopic (exact) mass is 437 g/mol. The number of H-pyrrole nitrogens is 1. The maximum absolute atomic E-state index is 13.3. The van der Waals surface area contributed by atoms with Gasteiger partial charge in [-0.1, -0.05) is 0 Å². The molecule has 0 spiro atoms. The highest BCUT2D eigenvalue weighted by Gasteiger charge is 2.22. The van der Waals surface area contributed by atoms with Crippen LogP contribution in [-0.2, 0) is 16.0 Å². The van der Waals surface area contributed by atoms with Crippen LogP contribution in [0, 0.1) is 6.92 Å². The Bertz CT molecular complexity index is 1430. The second-order valence-corrected chi connectivity index (χ2v) is 7.27. The fourth-order valence-corrected chi connectivity index (χ4v) is 3.63. The lowest BCUT2D eigenvalue weighted by atomic mass is 10.1. The number of hydrogen-bond acceptors (Lipinski definition) is 7. The van der Waals surface area contributed by atoms with Gasteiger partial charge in [0.25, 0.3) is 11.1 Å². The molecule has 0 fully saturated rings. The Kier molecular flexibility index (Phi) is 5.87. The van der Waals surface area contributed by atoms with Crippen LogP contribution in [0.1, 0.15) is 29.4 Å². The predicted octanol–water partition coefficient (Wildman–Crippen LogP) is 1.95. The molecule has 10 heteroatoms. The van der Waals surface area contributed by atoms with Crippen molar-refractivity contribution in [1.29, 1.82) is 0 Å². The smallest absolute Gasteiger partial charge is 0.343 e. The Morgan fingerprint density at radius 2 is 1.84 bits per heavy atom. The number of nitrogens with zero attached hydrogens (tertiary/aromatic N) is 4.